The first-order chi connectivity index (χ1) is 7.84. The zero-order valence-electron chi connectivity index (χ0n) is 11.4. The minimum absolute atomic E-state index is 0.185. The van der Waals surface area contributed by atoms with E-state index in [9.17, 15) is 4.39 Å². The van der Waals surface area contributed by atoms with Gasteiger partial charge in [-0.05, 0) is 30.9 Å². The SMILES string of the molecule is CCC(NC(C)C(C)(C)C)c1ccc(F)cn1. The van der Waals surface area contributed by atoms with E-state index in [1.807, 2.05) is 0 Å². The van der Waals surface area contributed by atoms with Crippen LogP contribution in [0.25, 0.3) is 0 Å². The van der Waals surface area contributed by atoms with E-state index in [2.05, 4.69) is 44.9 Å². The van der Waals surface area contributed by atoms with Crippen molar-refractivity contribution in [3.8, 4) is 0 Å². The molecule has 3 heteroatoms. The van der Waals surface area contributed by atoms with Crippen LogP contribution in [0.3, 0.4) is 0 Å². The van der Waals surface area contributed by atoms with Gasteiger partial charge in [0.25, 0.3) is 0 Å². The molecule has 2 unspecified atom stereocenters. The summed E-state index contributed by atoms with van der Waals surface area (Å²) in [7, 11) is 0. The number of aromatic nitrogens is 1. The van der Waals surface area contributed by atoms with Crippen molar-refractivity contribution < 1.29 is 4.39 Å². The highest BCUT2D eigenvalue weighted by Crippen LogP contribution is 2.23. The molecule has 1 aromatic heterocycles. The number of pyridine rings is 1. The normalized spacial score (nSPS) is 15.6. The molecule has 2 nitrogen and oxygen atoms in total. The molecule has 1 heterocycles. The topological polar surface area (TPSA) is 24.9 Å². The molecule has 1 rings (SSSR count). The first-order valence-electron chi connectivity index (χ1n) is 6.22. The zero-order chi connectivity index (χ0) is 13.1. The Kier molecular flexibility index (Phi) is 4.63. The van der Waals surface area contributed by atoms with E-state index in [0.717, 1.165) is 12.1 Å². The van der Waals surface area contributed by atoms with Gasteiger partial charge in [0.05, 0.1) is 11.9 Å². The number of nitrogens with one attached hydrogen (secondary N) is 1. The van der Waals surface area contributed by atoms with E-state index in [1.54, 1.807) is 6.07 Å². The van der Waals surface area contributed by atoms with Crippen molar-refractivity contribution in [3.05, 3.63) is 29.8 Å². The molecule has 0 fully saturated rings. The second kappa shape index (κ2) is 5.58. The minimum Gasteiger partial charge on any atom is -0.306 e. The Labute approximate surface area is 104 Å². The fourth-order valence-electron chi connectivity index (χ4n) is 1.56. The van der Waals surface area contributed by atoms with Crippen LogP contribution in [-0.2, 0) is 0 Å². The molecule has 0 spiro atoms. The predicted molar refractivity (Wildman–Crippen MR) is 69.3 cm³/mol. The van der Waals surface area contributed by atoms with Gasteiger partial charge in [0.1, 0.15) is 5.82 Å². The lowest BCUT2D eigenvalue weighted by molar-refractivity contribution is 0.259. The maximum atomic E-state index is 12.8. The molecule has 0 aliphatic heterocycles. The van der Waals surface area contributed by atoms with Crippen LogP contribution in [0.5, 0.6) is 0 Å². The van der Waals surface area contributed by atoms with Crippen molar-refractivity contribution >= 4 is 0 Å². The second-order valence-electron chi connectivity index (χ2n) is 5.62. The van der Waals surface area contributed by atoms with Gasteiger partial charge in [-0.3, -0.25) is 4.98 Å². The Hall–Kier alpha value is -0.960. The average molecular weight is 238 g/mol. The molecule has 0 aliphatic carbocycles. The van der Waals surface area contributed by atoms with E-state index < -0.39 is 0 Å². The Bertz CT molecular complexity index is 340. The molecule has 0 saturated heterocycles. The fraction of sp³-hybridized carbons (Fsp3) is 0.643. The summed E-state index contributed by atoms with van der Waals surface area (Å²) < 4.78 is 12.8. The van der Waals surface area contributed by atoms with E-state index in [4.69, 9.17) is 0 Å². The van der Waals surface area contributed by atoms with Crippen LogP contribution in [0.4, 0.5) is 4.39 Å². The molecule has 0 bridgehead atoms. The molecule has 1 N–H and O–H groups in total. The monoisotopic (exact) mass is 238 g/mol. The van der Waals surface area contributed by atoms with Crippen LogP contribution >= 0.6 is 0 Å². The van der Waals surface area contributed by atoms with Gasteiger partial charge < -0.3 is 5.32 Å². The largest absolute Gasteiger partial charge is 0.306 e. The number of halogens is 1. The van der Waals surface area contributed by atoms with Gasteiger partial charge in [0.15, 0.2) is 0 Å². The molecule has 0 aromatic carbocycles. The Morgan fingerprint density at radius 3 is 2.41 bits per heavy atom. The average Bonchev–Trinajstić information content (AvgIpc) is 2.25. The summed E-state index contributed by atoms with van der Waals surface area (Å²) in [5.74, 6) is -0.285. The quantitative estimate of drug-likeness (QED) is 0.865. The molecule has 2 atom stereocenters. The van der Waals surface area contributed by atoms with Crippen molar-refractivity contribution in [2.24, 2.45) is 5.41 Å². The van der Waals surface area contributed by atoms with Crippen LogP contribution < -0.4 is 5.32 Å². The maximum absolute atomic E-state index is 12.8. The molecule has 0 radical (unpaired) electrons. The smallest absolute Gasteiger partial charge is 0.141 e. The van der Waals surface area contributed by atoms with Gasteiger partial charge in [-0.2, -0.15) is 0 Å². The Morgan fingerprint density at radius 2 is 2.00 bits per heavy atom. The summed E-state index contributed by atoms with van der Waals surface area (Å²) in [6, 6.07) is 3.78. The van der Waals surface area contributed by atoms with Gasteiger partial charge >= 0.3 is 0 Å². The van der Waals surface area contributed by atoms with Gasteiger partial charge in [-0.25, -0.2) is 4.39 Å². The lowest BCUT2D eigenvalue weighted by Crippen LogP contribution is -2.40. The third-order valence-corrected chi connectivity index (χ3v) is 3.27. The highest BCUT2D eigenvalue weighted by molar-refractivity contribution is 5.10. The fourth-order valence-corrected chi connectivity index (χ4v) is 1.56. The van der Waals surface area contributed by atoms with Crippen LogP contribution in [0.1, 0.15) is 52.8 Å². The van der Waals surface area contributed by atoms with Gasteiger partial charge in [-0.15, -0.1) is 0 Å². The molecule has 0 amide bonds. The lowest BCUT2D eigenvalue weighted by Gasteiger charge is -2.32. The second-order valence-corrected chi connectivity index (χ2v) is 5.62. The van der Waals surface area contributed by atoms with Crippen molar-refractivity contribution in [2.45, 2.75) is 53.1 Å². The zero-order valence-corrected chi connectivity index (χ0v) is 11.4. The van der Waals surface area contributed by atoms with E-state index in [-0.39, 0.29) is 17.3 Å². The molecular weight excluding hydrogens is 215 g/mol. The number of hydrogen-bond acceptors (Lipinski definition) is 2. The summed E-state index contributed by atoms with van der Waals surface area (Å²) in [5, 5.41) is 3.56. The van der Waals surface area contributed by atoms with E-state index in [1.165, 1.54) is 12.3 Å². The third kappa shape index (κ3) is 4.08. The molecule has 1 aromatic rings. The summed E-state index contributed by atoms with van der Waals surface area (Å²) in [4.78, 5) is 4.15. The summed E-state index contributed by atoms with van der Waals surface area (Å²) in [6.07, 6.45) is 2.22. The number of hydrogen-bond donors (Lipinski definition) is 1. The number of rotatable bonds is 4. The van der Waals surface area contributed by atoms with Gasteiger partial charge in [-0.1, -0.05) is 27.7 Å². The van der Waals surface area contributed by atoms with E-state index >= 15 is 0 Å². The molecule has 17 heavy (non-hydrogen) atoms. The maximum Gasteiger partial charge on any atom is 0.141 e. The molecule has 0 saturated carbocycles. The van der Waals surface area contributed by atoms with Crippen molar-refractivity contribution in [2.75, 3.05) is 0 Å². The summed E-state index contributed by atoms with van der Waals surface area (Å²) in [5.41, 5.74) is 1.11. The van der Waals surface area contributed by atoms with Crippen molar-refractivity contribution in [3.63, 3.8) is 0 Å². The van der Waals surface area contributed by atoms with Crippen molar-refractivity contribution in [1.29, 1.82) is 0 Å². The minimum atomic E-state index is -0.285. The van der Waals surface area contributed by atoms with E-state index in [0.29, 0.717) is 6.04 Å². The summed E-state index contributed by atoms with van der Waals surface area (Å²) >= 11 is 0. The van der Waals surface area contributed by atoms with Gasteiger partial charge in [0.2, 0.25) is 0 Å². The van der Waals surface area contributed by atoms with Crippen LogP contribution in [0.2, 0.25) is 0 Å². The summed E-state index contributed by atoms with van der Waals surface area (Å²) in [6.45, 7) is 10.9. The number of nitrogens with zero attached hydrogens (tertiary/aromatic N) is 1. The highest BCUT2D eigenvalue weighted by atomic mass is 19.1. The Balaban J connectivity index is 2.75. The third-order valence-electron chi connectivity index (χ3n) is 3.27. The van der Waals surface area contributed by atoms with Crippen LogP contribution in [0, 0.1) is 11.2 Å². The van der Waals surface area contributed by atoms with Crippen molar-refractivity contribution in [1.82, 2.24) is 10.3 Å². The Morgan fingerprint density at radius 1 is 1.35 bits per heavy atom. The first-order valence-corrected chi connectivity index (χ1v) is 6.22. The standard InChI is InChI=1S/C14H23FN2/c1-6-12(17-10(2)14(3,4)5)13-8-7-11(15)9-16-13/h7-10,12,17H,6H2,1-5H3. The molecular formula is C14H23FN2. The van der Waals surface area contributed by atoms with Crippen LogP contribution in [-0.4, -0.2) is 11.0 Å². The van der Waals surface area contributed by atoms with Crippen LogP contribution in [0.15, 0.2) is 18.3 Å². The molecule has 0 aliphatic rings. The predicted octanol–water partition coefficient (Wildman–Crippen LogP) is 3.70. The molecule has 96 valence electrons. The van der Waals surface area contributed by atoms with Gasteiger partial charge in [0, 0.05) is 12.1 Å². The highest BCUT2D eigenvalue weighted by Gasteiger charge is 2.23. The first kappa shape index (κ1) is 14.1. The lowest BCUT2D eigenvalue weighted by atomic mass is 9.87.